The molecule has 0 radical (unpaired) electrons. The number of hydrogen-bond donors (Lipinski definition) is 1. The first-order valence-corrected chi connectivity index (χ1v) is 9.23. The lowest BCUT2D eigenvalue weighted by Crippen LogP contribution is -2.28. The van der Waals surface area contributed by atoms with Gasteiger partial charge in [-0.2, -0.15) is 0 Å². The zero-order valence-electron chi connectivity index (χ0n) is 13.8. The highest BCUT2D eigenvalue weighted by molar-refractivity contribution is 7.89. The zero-order valence-corrected chi connectivity index (χ0v) is 15.4. The summed E-state index contributed by atoms with van der Waals surface area (Å²) in [5.41, 5.74) is 2.09. The molecule has 0 aliphatic rings. The fraction of sp³-hybridized carbons (Fsp3) is 0.294. The molecule has 1 N–H and O–H groups in total. The van der Waals surface area contributed by atoms with E-state index in [0.717, 1.165) is 16.9 Å². The van der Waals surface area contributed by atoms with Gasteiger partial charge in [0.2, 0.25) is 10.0 Å². The molecular weight excluding hydrogens is 350 g/mol. The normalized spacial score (nSPS) is 11.3. The SMILES string of the molecule is COc1ccc(S(=O)(=O)NCCOc2cc(C)ccc2C)cc1Cl. The van der Waals surface area contributed by atoms with Gasteiger partial charge in [0.15, 0.2) is 0 Å². The molecule has 5 nitrogen and oxygen atoms in total. The maximum Gasteiger partial charge on any atom is 0.240 e. The highest BCUT2D eigenvalue weighted by Crippen LogP contribution is 2.26. The molecule has 0 unspecified atom stereocenters. The summed E-state index contributed by atoms with van der Waals surface area (Å²) in [6.07, 6.45) is 0. The van der Waals surface area contributed by atoms with Crippen LogP contribution in [0.4, 0.5) is 0 Å². The lowest BCUT2D eigenvalue weighted by Gasteiger charge is -2.11. The number of nitrogens with one attached hydrogen (secondary N) is 1. The van der Waals surface area contributed by atoms with Gasteiger partial charge in [-0.25, -0.2) is 13.1 Å². The molecule has 24 heavy (non-hydrogen) atoms. The van der Waals surface area contributed by atoms with Crippen molar-refractivity contribution in [1.29, 1.82) is 0 Å². The van der Waals surface area contributed by atoms with Crippen LogP contribution in [0.3, 0.4) is 0 Å². The second kappa shape index (κ2) is 7.88. The lowest BCUT2D eigenvalue weighted by molar-refractivity contribution is 0.320. The first kappa shape index (κ1) is 18.6. The van der Waals surface area contributed by atoms with Crippen molar-refractivity contribution in [2.75, 3.05) is 20.3 Å². The van der Waals surface area contributed by atoms with Gasteiger partial charge < -0.3 is 9.47 Å². The Morgan fingerprint density at radius 1 is 1.08 bits per heavy atom. The van der Waals surface area contributed by atoms with Crippen molar-refractivity contribution in [2.24, 2.45) is 0 Å². The summed E-state index contributed by atoms with van der Waals surface area (Å²) < 4.78 is 37.6. The Bertz CT molecular complexity index is 821. The molecule has 0 saturated heterocycles. The first-order valence-electron chi connectivity index (χ1n) is 7.37. The predicted octanol–water partition coefficient (Wildman–Crippen LogP) is 3.32. The third-order valence-corrected chi connectivity index (χ3v) is 5.18. The Balaban J connectivity index is 1.95. The van der Waals surface area contributed by atoms with E-state index < -0.39 is 10.0 Å². The summed E-state index contributed by atoms with van der Waals surface area (Å²) in [5, 5.41) is 0.243. The third-order valence-electron chi connectivity index (χ3n) is 3.43. The van der Waals surface area contributed by atoms with Gasteiger partial charge in [0.25, 0.3) is 0 Å². The maximum atomic E-state index is 12.3. The molecule has 0 spiro atoms. The number of methoxy groups -OCH3 is 1. The molecule has 0 aromatic heterocycles. The number of ether oxygens (including phenoxy) is 2. The summed E-state index contributed by atoms with van der Waals surface area (Å²) in [5.74, 6) is 1.18. The second-order valence-corrected chi connectivity index (χ2v) is 7.49. The smallest absolute Gasteiger partial charge is 0.240 e. The van der Waals surface area contributed by atoms with Crippen molar-refractivity contribution in [3.63, 3.8) is 0 Å². The van der Waals surface area contributed by atoms with Crippen molar-refractivity contribution in [3.05, 3.63) is 52.5 Å². The molecule has 0 bridgehead atoms. The van der Waals surface area contributed by atoms with Crippen LogP contribution in [-0.2, 0) is 10.0 Å². The van der Waals surface area contributed by atoms with E-state index in [1.54, 1.807) is 0 Å². The Hall–Kier alpha value is -1.76. The quantitative estimate of drug-likeness (QED) is 0.760. The van der Waals surface area contributed by atoms with Crippen LogP contribution in [0.1, 0.15) is 11.1 Å². The number of sulfonamides is 1. The molecule has 2 aromatic rings. The minimum atomic E-state index is -3.65. The predicted molar refractivity (Wildman–Crippen MR) is 94.6 cm³/mol. The Labute approximate surface area is 147 Å². The van der Waals surface area contributed by atoms with Crippen molar-refractivity contribution in [2.45, 2.75) is 18.7 Å². The van der Waals surface area contributed by atoms with Gasteiger partial charge in [-0.3, -0.25) is 0 Å². The van der Waals surface area contributed by atoms with Crippen LogP contribution in [0.25, 0.3) is 0 Å². The second-order valence-electron chi connectivity index (χ2n) is 5.31. The average molecular weight is 370 g/mol. The number of aryl methyl sites for hydroxylation is 2. The number of benzene rings is 2. The highest BCUT2D eigenvalue weighted by Gasteiger charge is 2.15. The lowest BCUT2D eigenvalue weighted by atomic mass is 10.1. The van der Waals surface area contributed by atoms with Crippen molar-refractivity contribution < 1.29 is 17.9 Å². The van der Waals surface area contributed by atoms with Crippen molar-refractivity contribution >= 4 is 21.6 Å². The average Bonchev–Trinajstić information content (AvgIpc) is 2.54. The van der Waals surface area contributed by atoms with Crippen LogP contribution in [0.15, 0.2) is 41.3 Å². The summed E-state index contributed by atoms with van der Waals surface area (Å²) in [7, 11) is -2.18. The molecule has 0 saturated carbocycles. The summed E-state index contributed by atoms with van der Waals surface area (Å²) in [4.78, 5) is 0.0834. The van der Waals surface area contributed by atoms with E-state index in [4.69, 9.17) is 21.1 Å². The monoisotopic (exact) mass is 369 g/mol. The van der Waals surface area contributed by atoms with Crippen molar-refractivity contribution in [3.8, 4) is 11.5 Å². The van der Waals surface area contributed by atoms with Crippen LogP contribution >= 0.6 is 11.6 Å². The molecule has 130 valence electrons. The van der Waals surface area contributed by atoms with E-state index in [-0.39, 0.29) is 23.1 Å². The Kier molecular flexibility index (Phi) is 6.10. The number of hydrogen-bond acceptors (Lipinski definition) is 4. The highest BCUT2D eigenvalue weighted by atomic mass is 35.5. The molecule has 0 amide bonds. The molecule has 0 atom stereocenters. The van der Waals surface area contributed by atoms with Crippen LogP contribution in [0.5, 0.6) is 11.5 Å². The van der Waals surface area contributed by atoms with E-state index in [2.05, 4.69) is 4.72 Å². The van der Waals surface area contributed by atoms with E-state index in [1.165, 1.54) is 25.3 Å². The van der Waals surface area contributed by atoms with E-state index in [1.807, 2.05) is 32.0 Å². The van der Waals surface area contributed by atoms with Gasteiger partial charge in [-0.05, 0) is 49.2 Å². The Morgan fingerprint density at radius 2 is 1.83 bits per heavy atom. The van der Waals surface area contributed by atoms with Gasteiger partial charge >= 0.3 is 0 Å². The van der Waals surface area contributed by atoms with Gasteiger partial charge in [-0.1, -0.05) is 23.7 Å². The maximum absolute atomic E-state index is 12.3. The molecule has 2 aromatic carbocycles. The molecule has 0 fully saturated rings. The Morgan fingerprint density at radius 3 is 2.50 bits per heavy atom. The fourth-order valence-electron chi connectivity index (χ4n) is 2.10. The summed E-state index contributed by atoms with van der Waals surface area (Å²) in [6, 6.07) is 10.2. The third kappa shape index (κ3) is 4.63. The summed E-state index contributed by atoms with van der Waals surface area (Å²) in [6.45, 7) is 4.30. The topological polar surface area (TPSA) is 64.6 Å². The van der Waals surface area contributed by atoms with Crippen LogP contribution in [0.2, 0.25) is 5.02 Å². The fourth-order valence-corrected chi connectivity index (χ4v) is 3.46. The van der Waals surface area contributed by atoms with E-state index in [0.29, 0.717) is 5.75 Å². The minimum Gasteiger partial charge on any atom is -0.495 e. The van der Waals surface area contributed by atoms with Crippen LogP contribution in [-0.4, -0.2) is 28.7 Å². The van der Waals surface area contributed by atoms with Gasteiger partial charge in [0.1, 0.15) is 18.1 Å². The van der Waals surface area contributed by atoms with Gasteiger partial charge in [-0.15, -0.1) is 0 Å². The molecule has 0 heterocycles. The number of halogens is 1. The first-order chi connectivity index (χ1) is 11.3. The van der Waals surface area contributed by atoms with E-state index in [9.17, 15) is 8.42 Å². The van der Waals surface area contributed by atoms with Crippen LogP contribution in [0, 0.1) is 13.8 Å². The van der Waals surface area contributed by atoms with Crippen LogP contribution < -0.4 is 14.2 Å². The standard InChI is InChI=1S/C17H20ClNO4S/c1-12-4-5-13(2)17(10-12)23-9-8-19-24(20,21)14-6-7-16(22-3)15(18)11-14/h4-7,10-11,19H,8-9H2,1-3H3. The van der Waals surface area contributed by atoms with Gasteiger partial charge in [0.05, 0.1) is 17.0 Å². The molecule has 0 aliphatic heterocycles. The zero-order chi connectivity index (χ0) is 17.7. The van der Waals surface area contributed by atoms with Gasteiger partial charge in [0, 0.05) is 6.54 Å². The number of rotatable bonds is 7. The largest absolute Gasteiger partial charge is 0.495 e. The van der Waals surface area contributed by atoms with Crippen molar-refractivity contribution in [1.82, 2.24) is 4.72 Å². The minimum absolute atomic E-state index is 0.0834. The molecular formula is C17H20ClNO4S. The molecule has 0 aliphatic carbocycles. The molecule has 2 rings (SSSR count). The summed E-state index contributed by atoms with van der Waals surface area (Å²) >= 11 is 5.97. The molecule has 7 heteroatoms. The van der Waals surface area contributed by atoms with E-state index >= 15 is 0 Å².